The highest BCUT2D eigenvalue weighted by Gasteiger charge is 2.08. The van der Waals surface area contributed by atoms with Gasteiger partial charge >= 0.3 is 6.09 Å². The fraction of sp³-hybridized carbons (Fsp3) is 0.176. The van der Waals surface area contributed by atoms with Gasteiger partial charge in [-0.15, -0.1) is 0 Å². The Kier molecular flexibility index (Phi) is 5.68. The van der Waals surface area contributed by atoms with Gasteiger partial charge in [0.1, 0.15) is 5.82 Å². The summed E-state index contributed by atoms with van der Waals surface area (Å²) < 4.78 is 17.7. The van der Waals surface area contributed by atoms with E-state index in [0.717, 1.165) is 23.3 Å². The fourth-order valence-electron chi connectivity index (χ4n) is 1.95. The first kappa shape index (κ1) is 16.5. The molecule has 0 heterocycles. The van der Waals surface area contributed by atoms with Crippen LogP contribution in [0.3, 0.4) is 0 Å². The molecule has 0 aliphatic rings. The van der Waals surface area contributed by atoms with E-state index >= 15 is 0 Å². The Bertz CT molecular complexity index is 686. The van der Waals surface area contributed by atoms with Gasteiger partial charge < -0.3 is 4.74 Å². The van der Waals surface area contributed by atoms with Gasteiger partial charge in [-0.05, 0) is 36.8 Å². The van der Waals surface area contributed by atoms with Crippen LogP contribution < -0.4 is 10.9 Å². The van der Waals surface area contributed by atoms with Crippen LogP contribution in [0.15, 0.2) is 48.5 Å². The number of hydrogen-bond acceptors (Lipinski definition) is 3. The summed E-state index contributed by atoms with van der Waals surface area (Å²) in [6.07, 6.45) is -0.172. The van der Waals surface area contributed by atoms with Crippen LogP contribution in [0.2, 0.25) is 0 Å². The van der Waals surface area contributed by atoms with Crippen molar-refractivity contribution < 1.29 is 18.7 Å². The molecule has 0 fully saturated rings. The molecule has 2 amide bonds. The Morgan fingerprint density at radius 1 is 1.09 bits per heavy atom. The number of benzene rings is 2. The normalized spacial score (nSPS) is 10.0. The van der Waals surface area contributed by atoms with Crippen molar-refractivity contribution in [1.29, 1.82) is 0 Å². The lowest BCUT2D eigenvalue weighted by Gasteiger charge is -2.08. The number of amides is 2. The third-order valence-corrected chi connectivity index (χ3v) is 3.09. The van der Waals surface area contributed by atoms with E-state index in [1.807, 2.05) is 31.2 Å². The van der Waals surface area contributed by atoms with Crippen LogP contribution in [0.25, 0.3) is 0 Å². The van der Waals surface area contributed by atoms with Gasteiger partial charge in [-0.2, -0.15) is 0 Å². The van der Waals surface area contributed by atoms with E-state index in [1.54, 1.807) is 0 Å². The quantitative estimate of drug-likeness (QED) is 0.852. The molecule has 2 N–H and O–H groups in total. The molecule has 6 heteroatoms. The minimum atomic E-state index is -0.756. The monoisotopic (exact) mass is 316 g/mol. The SMILES string of the molecule is Cc1cccc(CCOC(=O)NNC(=O)c2ccc(F)cc2)c1. The van der Waals surface area contributed by atoms with E-state index in [2.05, 4.69) is 10.9 Å². The maximum absolute atomic E-state index is 12.7. The first-order valence-electron chi connectivity index (χ1n) is 7.09. The topological polar surface area (TPSA) is 67.4 Å². The number of carbonyl (C=O) groups excluding carboxylic acids is 2. The van der Waals surface area contributed by atoms with E-state index in [9.17, 15) is 14.0 Å². The molecule has 2 rings (SSSR count). The van der Waals surface area contributed by atoms with Crippen molar-refractivity contribution in [3.05, 3.63) is 71.0 Å². The van der Waals surface area contributed by atoms with Gasteiger partial charge in [0.25, 0.3) is 5.91 Å². The number of hydrazine groups is 1. The first-order chi connectivity index (χ1) is 11.0. The maximum atomic E-state index is 12.7. The zero-order valence-electron chi connectivity index (χ0n) is 12.6. The summed E-state index contributed by atoms with van der Waals surface area (Å²) in [5.74, 6) is -0.995. The third-order valence-electron chi connectivity index (χ3n) is 3.09. The van der Waals surface area contributed by atoms with Crippen LogP contribution in [0.1, 0.15) is 21.5 Å². The molecule has 0 bridgehead atoms. The third kappa shape index (κ3) is 5.43. The maximum Gasteiger partial charge on any atom is 0.426 e. The highest BCUT2D eigenvalue weighted by Crippen LogP contribution is 2.05. The van der Waals surface area contributed by atoms with E-state index in [1.165, 1.54) is 12.1 Å². The van der Waals surface area contributed by atoms with Crippen LogP contribution in [0.4, 0.5) is 9.18 Å². The first-order valence-corrected chi connectivity index (χ1v) is 7.09. The second-order valence-corrected chi connectivity index (χ2v) is 4.96. The summed E-state index contributed by atoms with van der Waals surface area (Å²) in [5.41, 5.74) is 6.76. The van der Waals surface area contributed by atoms with Gasteiger partial charge in [0.15, 0.2) is 0 Å². The Balaban J connectivity index is 1.70. The second-order valence-electron chi connectivity index (χ2n) is 4.96. The predicted molar refractivity (Wildman–Crippen MR) is 83.2 cm³/mol. The summed E-state index contributed by atoms with van der Waals surface area (Å²) in [5, 5.41) is 0. The van der Waals surface area contributed by atoms with Gasteiger partial charge in [0.05, 0.1) is 6.61 Å². The number of ether oxygens (including phenoxy) is 1. The molecule has 0 aliphatic carbocycles. The van der Waals surface area contributed by atoms with Gasteiger partial charge in [-0.1, -0.05) is 29.8 Å². The van der Waals surface area contributed by atoms with E-state index in [-0.39, 0.29) is 12.2 Å². The Labute approximate surface area is 133 Å². The highest BCUT2D eigenvalue weighted by molar-refractivity contribution is 5.94. The van der Waals surface area contributed by atoms with Crippen molar-refractivity contribution in [2.24, 2.45) is 0 Å². The van der Waals surface area contributed by atoms with Crippen LogP contribution >= 0.6 is 0 Å². The molecule has 0 aliphatic heterocycles. The van der Waals surface area contributed by atoms with Crippen LogP contribution in [0.5, 0.6) is 0 Å². The van der Waals surface area contributed by atoms with Crippen molar-refractivity contribution in [3.63, 3.8) is 0 Å². The molecule has 0 unspecified atom stereocenters. The molecular weight excluding hydrogens is 299 g/mol. The van der Waals surface area contributed by atoms with Gasteiger partial charge in [0, 0.05) is 12.0 Å². The summed E-state index contributed by atoms with van der Waals surface area (Å²) in [6.45, 7) is 2.18. The van der Waals surface area contributed by atoms with Crippen molar-refractivity contribution in [2.75, 3.05) is 6.61 Å². The molecule has 0 saturated carbocycles. The number of halogens is 1. The summed E-state index contributed by atoms with van der Waals surface area (Å²) in [4.78, 5) is 23.2. The Morgan fingerprint density at radius 2 is 1.83 bits per heavy atom. The van der Waals surface area contributed by atoms with Crippen molar-refractivity contribution >= 4 is 12.0 Å². The lowest BCUT2D eigenvalue weighted by molar-refractivity contribution is 0.0910. The fourth-order valence-corrected chi connectivity index (χ4v) is 1.95. The van der Waals surface area contributed by atoms with Crippen molar-refractivity contribution in [1.82, 2.24) is 10.9 Å². The molecule has 0 radical (unpaired) electrons. The minimum absolute atomic E-state index is 0.196. The van der Waals surface area contributed by atoms with E-state index < -0.39 is 17.8 Å². The predicted octanol–water partition coefficient (Wildman–Crippen LogP) is 2.75. The molecule has 23 heavy (non-hydrogen) atoms. The Morgan fingerprint density at radius 3 is 2.52 bits per heavy atom. The lowest BCUT2D eigenvalue weighted by atomic mass is 10.1. The zero-order chi connectivity index (χ0) is 16.7. The van der Waals surface area contributed by atoms with Crippen LogP contribution in [-0.4, -0.2) is 18.6 Å². The molecule has 0 saturated heterocycles. The average Bonchev–Trinajstić information content (AvgIpc) is 2.53. The number of rotatable bonds is 4. The second kappa shape index (κ2) is 7.93. The standard InChI is InChI=1S/C17H17FN2O3/c1-12-3-2-4-13(11-12)9-10-23-17(22)20-19-16(21)14-5-7-15(18)8-6-14/h2-8,11H,9-10H2,1H3,(H,19,21)(H,20,22). The van der Waals surface area contributed by atoms with Gasteiger partial charge in [0.2, 0.25) is 0 Å². The molecule has 0 aromatic heterocycles. The minimum Gasteiger partial charge on any atom is -0.448 e. The molecule has 2 aromatic rings. The van der Waals surface area contributed by atoms with E-state index in [0.29, 0.717) is 6.42 Å². The molecule has 2 aromatic carbocycles. The summed E-state index contributed by atoms with van der Waals surface area (Å²) >= 11 is 0. The van der Waals surface area contributed by atoms with Crippen molar-refractivity contribution in [2.45, 2.75) is 13.3 Å². The molecule has 0 atom stereocenters. The highest BCUT2D eigenvalue weighted by atomic mass is 19.1. The van der Waals surface area contributed by atoms with E-state index in [4.69, 9.17) is 4.74 Å². The van der Waals surface area contributed by atoms with Crippen LogP contribution in [-0.2, 0) is 11.2 Å². The largest absolute Gasteiger partial charge is 0.448 e. The van der Waals surface area contributed by atoms with Gasteiger partial charge in [-0.25, -0.2) is 14.6 Å². The number of carbonyl (C=O) groups is 2. The molecule has 120 valence electrons. The van der Waals surface area contributed by atoms with Crippen molar-refractivity contribution in [3.8, 4) is 0 Å². The number of hydrogen-bond donors (Lipinski definition) is 2. The number of nitrogens with one attached hydrogen (secondary N) is 2. The molecule has 5 nitrogen and oxygen atoms in total. The molecule has 0 spiro atoms. The average molecular weight is 316 g/mol. The summed E-state index contributed by atoms with van der Waals surface area (Å²) in [7, 11) is 0. The Hall–Kier alpha value is -2.89. The zero-order valence-corrected chi connectivity index (χ0v) is 12.6. The van der Waals surface area contributed by atoms with Gasteiger partial charge in [-0.3, -0.25) is 10.2 Å². The summed E-state index contributed by atoms with van der Waals surface area (Å²) in [6, 6.07) is 12.8. The van der Waals surface area contributed by atoms with Crippen LogP contribution in [0, 0.1) is 12.7 Å². The lowest BCUT2D eigenvalue weighted by Crippen LogP contribution is -2.42. The number of aryl methyl sites for hydroxylation is 1. The smallest absolute Gasteiger partial charge is 0.426 e. The molecular formula is C17H17FN2O3.